The van der Waals surface area contributed by atoms with Crippen LogP contribution in [0.15, 0.2) is 47.5 Å². The van der Waals surface area contributed by atoms with E-state index in [1.165, 1.54) is 23.5 Å². The molecule has 8 heteroatoms. The molecule has 0 N–H and O–H groups in total. The van der Waals surface area contributed by atoms with E-state index in [0.29, 0.717) is 22.8 Å². The van der Waals surface area contributed by atoms with Crippen LogP contribution in [0.3, 0.4) is 0 Å². The van der Waals surface area contributed by atoms with Crippen LogP contribution < -0.4 is 14.3 Å². The Hall–Kier alpha value is -2.32. The van der Waals surface area contributed by atoms with Crippen molar-refractivity contribution in [1.82, 2.24) is 4.57 Å². The van der Waals surface area contributed by atoms with Gasteiger partial charge < -0.3 is 14.0 Å². The number of nitrogens with zero attached hydrogens (tertiary/aromatic N) is 2. The maximum Gasteiger partial charge on any atom is 0.292 e. The third-order valence-electron chi connectivity index (χ3n) is 4.15. The summed E-state index contributed by atoms with van der Waals surface area (Å²) in [5.41, 5.74) is 0.869. The van der Waals surface area contributed by atoms with Gasteiger partial charge in [0.05, 0.1) is 10.2 Å². The summed E-state index contributed by atoms with van der Waals surface area (Å²) in [6.45, 7) is 0.799. The summed E-state index contributed by atoms with van der Waals surface area (Å²) >= 11 is 2.99. The minimum Gasteiger partial charge on any atom is -0.485 e. The largest absolute Gasteiger partial charge is 0.485 e. The zero-order valence-corrected chi connectivity index (χ0v) is 16.2. The van der Waals surface area contributed by atoms with Gasteiger partial charge in [-0.3, -0.25) is 4.79 Å². The third kappa shape index (κ3) is 3.72. The van der Waals surface area contributed by atoms with Gasteiger partial charge in [-0.1, -0.05) is 23.5 Å². The standard InChI is InChI=1S/C19H17FN2O3S2/c1-26-9-8-22-13-7-6-12(20)10-17(13)27-19(22)21-18(23)16-11-24-14-4-2-3-5-15(14)25-16/h2-7,10,16H,8-9,11H2,1H3. The molecule has 1 aliphatic rings. The van der Waals surface area contributed by atoms with Gasteiger partial charge in [-0.05, 0) is 36.6 Å². The van der Waals surface area contributed by atoms with Gasteiger partial charge in [0.1, 0.15) is 12.4 Å². The van der Waals surface area contributed by atoms with E-state index in [2.05, 4.69) is 4.99 Å². The number of thiazole rings is 1. The Kier molecular flexibility index (Phi) is 5.18. The predicted molar refractivity (Wildman–Crippen MR) is 105 cm³/mol. The molecule has 0 radical (unpaired) electrons. The fraction of sp³-hybridized carbons (Fsp3) is 0.263. The molecule has 5 nitrogen and oxygen atoms in total. The average molecular weight is 404 g/mol. The van der Waals surface area contributed by atoms with E-state index in [9.17, 15) is 9.18 Å². The Morgan fingerprint density at radius 2 is 2.15 bits per heavy atom. The Bertz CT molecular complexity index is 1060. The lowest BCUT2D eigenvalue weighted by Gasteiger charge is -2.23. The average Bonchev–Trinajstić information content (AvgIpc) is 3.01. The fourth-order valence-corrected chi connectivity index (χ4v) is 4.29. The lowest BCUT2D eigenvalue weighted by molar-refractivity contribution is -0.127. The van der Waals surface area contributed by atoms with Gasteiger partial charge in [-0.15, -0.1) is 0 Å². The molecule has 0 saturated carbocycles. The van der Waals surface area contributed by atoms with Crippen LogP contribution in [0.25, 0.3) is 10.2 Å². The van der Waals surface area contributed by atoms with Crippen molar-refractivity contribution in [3.63, 3.8) is 0 Å². The molecule has 1 aromatic heterocycles. The number of aromatic nitrogens is 1. The number of carbonyl (C=O) groups excluding carboxylic acids is 1. The summed E-state index contributed by atoms with van der Waals surface area (Å²) < 4.78 is 27.6. The van der Waals surface area contributed by atoms with Crippen LogP contribution in [-0.2, 0) is 11.3 Å². The van der Waals surface area contributed by atoms with Crippen molar-refractivity contribution in [3.05, 3.63) is 53.1 Å². The zero-order chi connectivity index (χ0) is 18.8. The molecule has 0 bridgehead atoms. The minimum atomic E-state index is -0.796. The molecule has 140 valence electrons. The van der Waals surface area contributed by atoms with Gasteiger partial charge in [0, 0.05) is 12.3 Å². The molecule has 27 heavy (non-hydrogen) atoms. The molecule has 1 amide bonds. The number of benzene rings is 2. The molecule has 4 rings (SSSR count). The molecule has 1 unspecified atom stereocenters. The van der Waals surface area contributed by atoms with Crippen molar-refractivity contribution in [3.8, 4) is 11.5 Å². The molecule has 0 spiro atoms. The Morgan fingerprint density at radius 1 is 1.33 bits per heavy atom. The normalized spacial score (nSPS) is 16.7. The van der Waals surface area contributed by atoms with E-state index in [-0.39, 0.29) is 12.4 Å². The number of hydrogen-bond acceptors (Lipinski definition) is 5. The SMILES string of the molecule is CSCCn1c(=NC(=O)C2COc3ccccc3O2)sc2cc(F)ccc21. The number of amides is 1. The Morgan fingerprint density at radius 3 is 2.96 bits per heavy atom. The first kappa shape index (κ1) is 18.1. The van der Waals surface area contributed by atoms with Crippen LogP contribution in [-0.4, -0.2) is 35.2 Å². The van der Waals surface area contributed by atoms with E-state index < -0.39 is 12.0 Å². The van der Waals surface area contributed by atoms with Crippen molar-refractivity contribution >= 4 is 39.2 Å². The number of rotatable bonds is 4. The van der Waals surface area contributed by atoms with Gasteiger partial charge in [0.2, 0.25) is 6.10 Å². The van der Waals surface area contributed by atoms with Crippen LogP contribution in [0.1, 0.15) is 0 Å². The second-order valence-electron chi connectivity index (χ2n) is 5.96. The van der Waals surface area contributed by atoms with Gasteiger partial charge in [0.25, 0.3) is 5.91 Å². The highest BCUT2D eigenvalue weighted by atomic mass is 32.2. The predicted octanol–water partition coefficient (Wildman–Crippen LogP) is 3.47. The lowest BCUT2D eigenvalue weighted by Crippen LogP contribution is -2.36. The number of para-hydroxylation sites is 2. The van der Waals surface area contributed by atoms with Crippen LogP contribution in [0.4, 0.5) is 4.39 Å². The maximum atomic E-state index is 13.6. The number of ether oxygens (including phenoxy) is 2. The number of aryl methyl sites for hydroxylation is 1. The second kappa shape index (κ2) is 7.74. The fourth-order valence-electron chi connectivity index (χ4n) is 2.84. The summed E-state index contributed by atoms with van der Waals surface area (Å²) in [5, 5.41) is 0. The summed E-state index contributed by atoms with van der Waals surface area (Å²) in [7, 11) is 0. The second-order valence-corrected chi connectivity index (χ2v) is 7.95. The Balaban J connectivity index is 1.68. The molecular formula is C19H17FN2O3S2. The van der Waals surface area contributed by atoms with Gasteiger partial charge in [0.15, 0.2) is 16.3 Å². The first-order chi connectivity index (χ1) is 13.2. The van der Waals surface area contributed by atoms with Crippen molar-refractivity contribution < 1.29 is 18.7 Å². The highest BCUT2D eigenvalue weighted by molar-refractivity contribution is 7.98. The molecule has 3 aromatic rings. The molecule has 2 heterocycles. The molecule has 0 saturated heterocycles. The Labute approximate surface area is 163 Å². The van der Waals surface area contributed by atoms with Crippen LogP contribution in [0.2, 0.25) is 0 Å². The van der Waals surface area contributed by atoms with Crippen LogP contribution >= 0.6 is 23.1 Å². The summed E-state index contributed by atoms with van der Waals surface area (Å²) in [4.78, 5) is 17.5. The van der Waals surface area contributed by atoms with E-state index in [1.807, 2.05) is 23.0 Å². The lowest BCUT2D eigenvalue weighted by atomic mass is 10.2. The van der Waals surface area contributed by atoms with Crippen molar-refractivity contribution in [1.29, 1.82) is 0 Å². The highest BCUT2D eigenvalue weighted by Gasteiger charge is 2.27. The molecular weight excluding hydrogens is 387 g/mol. The number of hydrogen-bond donors (Lipinski definition) is 0. The summed E-state index contributed by atoms with van der Waals surface area (Å²) in [6.07, 6.45) is 1.22. The quantitative estimate of drug-likeness (QED) is 0.668. The highest BCUT2D eigenvalue weighted by Crippen LogP contribution is 2.31. The minimum absolute atomic E-state index is 0.115. The maximum absolute atomic E-state index is 13.6. The van der Waals surface area contributed by atoms with E-state index >= 15 is 0 Å². The summed E-state index contributed by atoms with van der Waals surface area (Å²) in [5.74, 6) is 1.30. The number of halogens is 1. The molecule has 1 atom stereocenters. The topological polar surface area (TPSA) is 52.8 Å². The number of carbonyl (C=O) groups is 1. The van der Waals surface area contributed by atoms with Crippen LogP contribution in [0, 0.1) is 5.82 Å². The zero-order valence-electron chi connectivity index (χ0n) is 14.6. The number of fused-ring (bicyclic) bond motifs is 2. The van der Waals surface area contributed by atoms with E-state index in [0.717, 1.165) is 16.0 Å². The summed E-state index contributed by atoms with van der Waals surface area (Å²) in [6, 6.07) is 11.8. The molecule has 1 aliphatic heterocycles. The first-order valence-corrected chi connectivity index (χ1v) is 10.6. The smallest absolute Gasteiger partial charge is 0.292 e. The third-order valence-corrected chi connectivity index (χ3v) is 5.79. The monoisotopic (exact) mass is 404 g/mol. The molecule has 0 aliphatic carbocycles. The van der Waals surface area contributed by atoms with Gasteiger partial charge in [-0.2, -0.15) is 16.8 Å². The molecule has 2 aromatic carbocycles. The first-order valence-electron chi connectivity index (χ1n) is 8.40. The van der Waals surface area contributed by atoms with Gasteiger partial charge >= 0.3 is 0 Å². The van der Waals surface area contributed by atoms with Crippen molar-refractivity contribution in [2.75, 3.05) is 18.6 Å². The van der Waals surface area contributed by atoms with E-state index in [4.69, 9.17) is 9.47 Å². The van der Waals surface area contributed by atoms with Crippen LogP contribution in [0.5, 0.6) is 11.5 Å². The molecule has 0 fully saturated rings. The van der Waals surface area contributed by atoms with Crippen molar-refractivity contribution in [2.45, 2.75) is 12.6 Å². The number of thioether (sulfide) groups is 1. The van der Waals surface area contributed by atoms with Crippen molar-refractivity contribution in [2.24, 2.45) is 4.99 Å². The van der Waals surface area contributed by atoms with E-state index in [1.54, 1.807) is 30.0 Å². The van der Waals surface area contributed by atoms with Gasteiger partial charge in [-0.25, -0.2) is 4.39 Å².